The Labute approximate surface area is 104 Å². The highest BCUT2D eigenvalue weighted by molar-refractivity contribution is 9.10. The Morgan fingerprint density at radius 3 is 3.19 bits per heavy atom. The second kappa shape index (κ2) is 5.50. The van der Waals surface area contributed by atoms with Crippen LogP contribution < -0.4 is 11.1 Å². The highest BCUT2D eigenvalue weighted by Gasteiger charge is 2.14. The second-order valence-electron chi connectivity index (χ2n) is 3.95. The minimum Gasteiger partial charge on any atom is -0.397 e. The maximum atomic E-state index is 5.62. The number of nitrogen functional groups attached to an aromatic ring is 1. The van der Waals surface area contributed by atoms with Gasteiger partial charge in [-0.05, 0) is 41.3 Å². The van der Waals surface area contributed by atoms with Crippen LogP contribution in [0.1, 0.15) is 19.3 Å². The first kappa shape index (κ1) is 11.7. The van der Waals surface area contributed by atoms with E-state index in [9.17, 15) is 0 Å². The van der Waals surface area contributed by atoms with Gasteiger partial charge in [0.1, 0.15) is 5.82 Å². The Morgan fingerprint density at radius 1 is 1.62 bits per heavy atom. The Balaban J connectivity index is 1.80. The zero-order valence-electron chi connectivity index (χ0n) is 9.08. The van der Waals surface area contributed by atoms with Crippen molar-refractivity contribution in [2.24, 2.45) is 0 Å². The van der Waals surface area contributed by atoms with Crippen molar-refractivity contribution >= 4 is 27.4 Å². The van der Waals surface area contributed by atoms with Crippen LogP contribution in [-0.4, -0.2) is 24.2 Å². The minimum absolute atomic E-state index is 0.417. The van der Waals surface area contributed by atoms with Gasteiger partial charge in [0.15, 0.2) is 0 Å². The summed E-state index contributed by atoms with van der Waals surface area (Å²) in [5.74, 6) is 0.840. The fourth-order valence-corrected chi connectivity index (χ4v) is 2.31. The first-order valence-electron chi connectivity index (χ1n) is 5.52. The molecule has 1 atom stereocenters. The van der Waals surface area contributed by atoms with Crippen LogP contribution in [0.25, 0.3) is 0 Å². The maximum Gasteiger partial charge on any atom is 0.140 e. The van der Waals surface area contributed by atoms with Gasteiger partial charge in [-0.2, -0.15) is 0 Å². The first-order valence-corrected chi connectivity index (χ1v) is 6.31. The van der Waals surface area contributed by atoms with E-state index in [1.807, 2.05) is 6.07 Å². The summed E-state index contributed by atoms with van der Waals surface area (Å²) in [6.45, 7) is 1.79. The molecule has 88 valence electrons. The van der Waals surface area contributed by atoms with Gasteiger partial charge < -0.3 is 15.8 Å². The number of hydrogen-bond donors (Lipinski definition) is 2. The summed E-state index contributed by atoms with van der Waals surface area (Å²) in [5.41, 5.74) is 6.28. The van der Waals surface area contributed by atoms with Crippen LogP contribution in [0, 0.1) is 0 Å². The third-order valence-corrected chi connectivity index (χ3v) is 3.25. The van der Waals surface area contributed by atoms with E-state index in [2.05, 4.69) is 26.2 Å². The van der Waals surface area contributed by atoms with Crippen LogP contribution in [0.4, 0.5) is 11.5 Å². The van der Waals surface area contributed by atoms with Crippen LogP contribution in [0.5, 0.6) is 0 Å². The summed E-state index contributed by atoms with van der Waals surface area (Å²) in [4.78, 5) is 4.22. The van der Waals surface area contributed by atoms with Gasteiger partial charge in [-0.3, -0.25) is 0 Å². The molecule has 2 heterocycles. The summed E-state index contributed by atoms with van der Waals surface area (Å²) in [5, 5.41) is 3.27. The van der Waals surface area contributed by atoms with Crippen molar-refractivity contribution in [3.05, 3.63) is 16.7 Å². The number of halogens is 1. The van der Waals surface area contributed by atoms with Crippen molar-refractivity contribution in [1.29, 1.82) is 0 Å². The van der Waals surface area contributed by atoms with Crippen LogP contribution >= 0.6 is 15.9 Å². The van der Waals surface area contributed by atoms with E-state index in [0.717, 1.165) is 29.9 Å². The number of nitrogens with zero attached hydrogens (tertiary/aromatic N) is 1. The number of nitrogens with two attached hydrogens (primary N) is 1. The summed E-state index contributed by atoms with van der Waals surface area (Å²) < 4.78 is 6.45. The number of nitrogens with one attached hydrogen (secondary N) is 1. The SMILES string of the molecule is Nc1cnc(NCCC2CCCO2)c(Br)c1. The van der Waals surface area contributed by atoms with E-state index in [1.165, 1.54) is 12.8 Å². The summed E-state index contributed by atoms with van der Waals surface area (Å²) in [6.07, 6.45) is 5.46. The summed E-state index contributed by atoms with van der Waals surface area (Å²) >= 11 is 3.42. The van der Waals surface area contributed by atoms with E-state index >= 15 is 0 Å². The number of ether oxygens (including phenoxy) is 1. The molecule has 1 aromatic heterocycles. The lowest BCUT2D eigenvalue weighted by Gasteiger charge is -2.11. The predicted octanol–water partition coefficient (Wildman–Crippen LogP) is 2.41. The lowest BCUT2D eigenvalue weighted by Crippen LogP contribution is -2.13. The maximum absolute atomic E-state index is 5.62. The fourth-order valence-electron chi connectivity index (χ4n) is 1.81. The van der Waals surface area contributed by atoms with E-state index in [0.29, 0.717) is 11.8 Å². The number of pyridine rings is 1. The molecule has 2 rings (SSSR count). The zero-order valence-corrected chi connectivity index (χ0v) is 10.7. The minimum atomic E-state index is 0.417. The molecule has 0 aromatic carbocycles. The number of anilines is 2. The van der Waals surface area contributed by atoms with Crippen molar-refractivity contribution in [2.75, 3.05) is 24.2 Å². The van der Waals surface area contributed by atoms with Gasteiger partial charge in [0.25, 0.3) is 0 Å². The monoisotopic (exact) mass is 285 g/mol. The third kappa shape index (κ3) is 3.09. The molecule has 16 heavy (non-hydrogen) atoms. The molecular formula is C11H16BrN3O. The normalized spacial score (nSPS) is 19.9. The largest absolute Gasteiger partial charge is 0.397 e. The number of hydrogen-bond acceptors (Lipinski definition) is 4. The zero-order chi connectivity index (χ0) is 11.4. The molecule has 1 unspecified atom stereocenters. The summed E-state index contributed by atoms with van der Waals surface area (Å²) in [6, 6.07) is 1.85. The number of aromatic nitrogens is 1. The molecule has 0 aliphatic carbocycles. The number of rotatable bonds is 4. The summed E-state index contributed by atoms with van der Waals surface area (Å²) in [7, 11) is 0. The second-order valence-corrected chi connectivity index (χ2v) is 4.80. The van der Waals surface area contributed by atoms with Crippen LogP contribution in [0.15, 0.2) is 16.7 Å². The topological polar surface area (TPSA) is 60.2 Å². The molecule has 3 N–H and O–H groups in total. The highest BCUT2D eigenvalue weighted by atomic mass is 79.9. The Hall–Kier alpha value is -0.810. The van der Waals surface area contributed by atoms with Gasteiger partial charge >= 0.3 is 0 Å². The Kier molecular flexibility index (Phi) is 4.01. The van der Waals surface area contributed by atoms with Gasteiger partial charge in [0, 0.05) is 13.2 Å². The molecule has 1 fully saturated rings. The standard InChI is InChI=1S/C11H16BrN3O/c12-10-6-8(13)7-15-11(10)14-4-3-9-2-1-5-16-9/h6-7,9H,1-5,13H2,(H,14,15). The van der Waals surface area contributed by atoms with Crippen LogP contribution in [0.3, 0.4) is 0 Å². The van der Waals surface area contributed by atoms with Gasteiger partial charge in [-0.15, -0.1) is 0 Å². The Bertz CT molecular complexity index is 353. The lowest BCUT2D eigenvalue weighted by atomic mass is 10.2. The van der Waals surface area contributed by atoms with Crippen molar-refractivity contribution in [2.45, 2.75) is 25.4 Å². The van der Waals surface area contributed by atoms with E-state index in [4.69, 9.17) is 10.5 Å². The van der Waals surface area contributed by atoms with Crippen LogP contribution in [-0.2, 0) is 4.74 Å². The third-order valence-electron chi connectivity index (χ3n) is 2.65. The molecule has 1 aliphatic heterocycles. The molecule has 0 radical (unpaired) electrons. The van der Waals surface area contributed by atoms with Crippen molar-refractivity contribution in [3.63, 3.8) is 0 Å². The van der Waals surface area contributed by atoms with E-state index < -0.39 is 0 Å². The van der Waals surface area contributed by atoms with Gasteiger partial charge in [0.05, 0.1) is 22.5 Å². The van der Waals surface area contributed by atoms with Crippen molar-refractivity contribution in [1.82, 2.24) is 4.98 Å². The lowest BCUT2D eigenvalue weighted by molar-refractivity contribution is 0.107. The molecule has 1 aliphatic rings. The first-order chi connectivity index (χ1) is 7.75. The van der Waals surface area contributed by atoms with Crippen molar-refractivity contribution in [3.8, 4) is 0 Å². The Morgan fingerprint density at radius 2 is 2.50 bits per heavy atom. The fraction of sp³-hybridized carbons (Fsp3) is 0.545. The molecule has 0 bridgehead atoms. The van der Waals surface area contributed by atoms with Crippen molar-refractivity contribution < 1.29 is 4.74 Å². The molecule has 4 nitrogen and oxygen atoms in total. The highest BCUT2D eigenvalue weighted by Crippen LogP contribution is 2.22. The molecule has 0 spiro atoms. The van der Waals surface area contributed by atoms with Gasteiger partial charge in [-0.1, -0.05) is 0 Å². The molecule has 0 amide bonds. The quantitative estimate of drug-likeness (QED) is 0.892. The average Bonchev–Trinajstić information content (AvgIpc) is 2.74. The van der Waals surface area contributed by atoms with E-state index in [1.54, 1.807) is 6.20 Å². The predicted molar refractivity (Wildman–Crippen MR) is 68.4 cm³/mol. The van der Waals surface area contributed by atoms with E-state index in [-0.39, 0.29) is 0 Å². The average molecular weight is 286 g/mol. The molecule has 1 saturated heterocycles. The molecule has 5 heteroatoms. The molecular weight excluding hydrogens is 270 g/mol. The molecule has 0 saturated carbocycles. The van der Waals surface area contributed by atoms with Gasteiger partial charge in [0.2, 0.25) is 0 Å². The van der Waals surface area contributed by atoms with Crippen LogP contribution in [0.2, 0.25) is 0 Å². The van der Waals surface area contributed by atoms with Gasteiger partial charge in [-0.25, -0.2) is 4.98 Å². The molecule has 1 aromatic rings. The smallest absolute Gasteiger partial charge is 0.140 e.